The third-order valence-corrected chi connectivity index (χ3v) is 5.24. The lowest BCUT2D eigenvalue weighted by Crippen LogP contribution is -2.53. The van der Waals surface area contributed by atoms with Crippen molar-refractivity contribution in [2.45, 2.75) is 32.4 Å². The Morgan fingerprint density at radius 2 is 2.29 bits per heavy atom. The number of nitrogens with zero attached hydrogens (tertiary/aromatic N) is 2. The number of carbonyl (C=O) groups excluding carboxylic acids is 2. The number of likely N-dealkylation sites (N-methyl/N-ethyl adjacent to an activating group) is 1. The van der Waals surface area contributed by atoms with Crippen molar-refractivity contribution in [3.8, 4) is 0 Å². The molecule has 8 heteroatoms. The average Bonchev–Trinajstić information content (AvgIpc) is 3.06. The van der Waals surface area contributed by atoms with Gasteiger partial charge < -0.3 is 25.8 Å². The van der Waals surface area contributed by atoms with Gasteiger partial charge in [-0.3, -0.25) is 4.79 Å². The van der Waals surface area contributed by atoms with Gasteiger partial charge in [0.1, 0.15) is 5.82 Å². The van der Waals surface area contributed by atoms with Gasteiger partial charge in [0, 0.05) is 48.8 Å². The maximum atomic E-state index is 14.4. The smallest absolute Gasteiger partial charge is 0.317 e. The standard InChI is InChI=1S/C20H26FN5O2/c1-3-19(27)25-7-5-6-14(12-25)26(4-2)20(28)24-10-13-8-18-15(9-16(13)21)17(22)11-23-18/h3,8-9,11,14,23H,1,4-7,10,12,22H2,2H3,(H,24,28)/t14-/m1/s1. The Morgan fingerprint density at radius 1 is 1.50 bits per heavy atom. The summed E-state index contributed by atoms with van der Waals surface area (Å²) in [5.41, 5.74) is 7.38. The molecule has 0 saturated carbocycles. The zero-order valence-electron chi connectivity index (χ0n) is 16.0. The molecule has 1 aromatic carbocycles. The minimum atomic E-state index is -0.414. The van der Waals surface area contributed by atoms with E-state index in [-0.39, 0.29) is 24.5 Å². The number of H-pyrrole nitrogens is 1. The quantitative estimate of drug-likeness (QED) is 0.688. The first-order chi connectivity index (χ1) is 13.4. The molecule has 150 valence electrons. The number of nitrogens with two attached hydrogens (primary N) is 1. The predicted molar refractivity (Wildman–Crippen MR) is 107 cm³/mol. The Kier molecular flexibility index (Phi) is 5.87. The highest BCUT2D eigenvalue weighted by Crippen LogP contribution is 2.24. The average molecular weight is 387 g/mol. The monoisotopic (exact) mass is 387 g/mol. The van der Waals surface area contributed by atoms with Crippen LogP contribution in [-0.4, -0.2) is 52.4 Å². The summed E-state index contributed by atoms with van der Waals surface area (Å²) in [6, 6.07) is 2.69. The maximum Gasteiger partial charge on any atom is 0.317 e. The number of amides is 3. The molecule has 28 heavy (non-hydrogen) atoms. The molecule has 0 aliphatic carbocycles. The first-order valence-electron chi connectivity index (χ1n) is 9.45. The SMILES string of the molecule is C=CC(=O)N1CCC[C@@H](N(CC)C(=O)NCc2cc3[nH]cc(N)c3cc2F)C1. The van der Waals surface area contributed by atoms with Gasteiger partial charge in [0.05, 0.1) is 11.7 Å². The minimum absolute atomic E-state index is 0.0675. The molecule has 1 aromatic heterocycles. The maximum absolute atomic E-state index is 14.4. The highest BCUT2D eigenvalue weighted by Gasteiger charge is 2.29. The second-order valence-electron chi connectivity index (χ2n) is 6.96. The molecule has 1 aliphatic heterocycles. The van der Waals surface area contributed by atoms with E-state index in [9.17, 15) is 14.0 Å². The van der Waals surface area contributed by atoms with Crippen molar-refractivity contribution >= 4 is 28.5 Å². The van der Waals surface area contributed by atoms with Gasteiger partial charge in [0.15, 0.2) is 0 Å². The molecule has 0 spiro atoms. The number of halogens is 1. The van der Waals surface area contributed by atoms with Crippen LogP contribution in [0.5, 0.6) is 0 Å². The Morgan fingerprint density at radius 3 is 3.00 bits per heavy atom. The molecule has 1 atom stereocenters. The number of aromatic nitrogens is 1. The number of fused-ring (bicyclic) bond motifs is 1. The number of anilines is 1. The van der Waals surface area contributed by atoms with Crippen molar-refractivity contribution in [3.63, 3.8) is 0 Å². The number of piperidine rings is 1. The van der Waals surface area contributed by atoms with E-state index in [0.717, 1.165) is 18.4 Å². The molecule has 1 fully saturated rings. The fourth-order valence-corrected chi connectivity index (χ4v) is 3.72. The van der Waals surface area contributed by atoms with E-state index in [4.69, 9.17) is 5.73 Å². The first-order valence-corrected chi connectivity index (χ1v) is 9.45. The van der Waals surface area contributed by atoms with Crippen LogP contribution in [0.1, 0.15) is 25.3 Å². The number of hydrogen-bond acceptors (Lipinski definition) is 3. The van der Waals surface area contributed by atoms with Crippen LogP contribution in [0, 0.1) is 5.82 Å². The van der Waals surface area contributed by atoms with Crippen LogP contribution >= 0.6 is 0 Å². The summed E-state index contributed by atoms with van der Waals surface area (Å²) in [6.07, 6.45) is 4.56. The highest BCUT2D eigenvalue weighted by molar-refractivity contribution is 5.91. The van der Waals surface area contributed by atoms with Crippen LogP contribution in [0.3, 0.4) is 0 Å². The van der Waals surface area contributed by atoms with Gasteiger partial charge in [0.25, 0.3) is 0 Å². The number of urea groups is 1. The normalized spacial score (nSPS) is 16.8. The Labute approximate surface area is 163 Å². The van der Waals surface area contributed by atoms with Crippen LogP contribution in [-0.2, 0) is 11.3 Å². The number of hydrogen-bond donors (Lipinski definition) is 3. The van der Waals surface area contributed by atoms with Crippen molar-refractivity contribution in [1.29, 1.82) is 0 Å². The van der Waals surface area contributed by atoms with Crippen LogP contribution in [0.25, 0.3) is 10.9 Å². The van der Waals surface area contributed by atoms with E-state index in [2.05, 4.69) is 16.9 Å². The zero-order valence-corrected chi connectivity index (χ0v) is 16.0. The lowest BCUT2D eigenvalue weighted by Gasteiger charge is -2.38. The molecular weight excluding hydrogens is 361 g/mol. The number of rotatable bonds is 5. The fourth-order valence-electron chi connectivity index (χ4n) is 3.72. The topological polar surface area (TPSA) is 94.5 Å². The fraction of sp³-hybridized carbons (Fsp3) is 0.400. The van der Waals surface area contributed by atoms with Gasteiger partial charge in [-0.15, -0.1) is 0 Å². The van der Waals surface area contributed by atoms with E-state index >= 15 is 0 Å². The Hall–Kier alpha value is -3.03. The molecule has 3 rings (SSSR count). The van der Waals surface area contributed by atoms with Gasteiger partial charge >= 0.3 is 6.03 Å². The number of likely N-dealkylation sites (tertiary alicyclic amines) is 1. The molecule has 7 nitrogen and oxygen atoms in total. The first kappa shape index (κ1) is 19.7. The molecule has 1 aliphatic rings. The van der Waals surface area contributed by atoms with E-state index in [1.807, 2.05) is 6.92 Å². The van der Waals surface area contributed by atoms with Crippen LogP contribution in [0.15, 0.2) is 31.0 Å². The number of aromatic amines is 1. The Balaban J connectivity index is 1.66. The van der Waals surface area contributed by atoms with E-state index < -0.39 is 5.82 Å². The van der Waals surface area contributed by atoms with Crippen LogP contribution in [0.2, 0.25) is 0 Å². The number of carbonyl (C=O) groups is 2. The zero-order chi connectivity index (χ0) is 20.3. The minimum Gasteiger partial charge on any atom is -0.397 e. The molecule has 0 radical (unpaired) electrons. The summed E-state index contributed by atoms with van der Waals surface area (Å²) in [5.74, 6) is -0.538. The van der Waals surface area contributed by atoms with E-state index in [1.165, 1.54) is 12.1 Å². The molecule has 0 bridgehead atoms. The summed E-state index contributed by atoms with van der Waals surface area (Å²) in [6.45, 7) is 7.14. The van der Waals surface area contributed by atoms with Gasteiger partial charge in [-0.2, -0.15) is 0 Å². The molecule has 0 unspecified atom stereocenters. The third kappa shape index (κ3) is 3.95. The van der Waals surface area contributed by atoms with Crippen LogP contribution in [0.4, 0.5) is 14.9 Å². The second-order valence-corrected chi connectivity index (χ2v) is 6.96. The molecule has 1 saturated heterocycles. The summed E-state index contributed by atoms with van der Waals surface area (Å²) in [5, 5.41) is 3.42. The van der Waals surface area contributed by atoms with Crippen molar-refractivity contribution in [2.24, 2.45) is 0 Å². The van der Waals surface area contributed by atoms with Crippen molar-refractivity contribution in [3.05, 3.63) is 42.4 Å². The van der Waals surface area contributed by atoms with E-state index in [1.54, 1.807) is 22.1 Å². The molecule has 2 aromatic rings. The van der Waals surface area contributed by atoms with Crippen LogP contribution < -0.4 is 11.1 Å². The van der Waals surface area contributed by atoms with Crippen molar-refractivity contribution in [1.82, 2.24) is 20.1 Å². The molecule has 2 heterocycles. The van der Waals surface area contributed by atoms with Gasteiger partial charge in [-0.1, -0.05) is 6.58 Å². The number of nitrogens with one attached hydrogen (secondary N) is 2. The summed E-state index contributed by atoms with van der Waals surface area (Å²) in [4.78, 5) is 31.0. The van der Waals surface area contributed by atoms with Gasteiger partial charge in [0.2, 0.25) is 5.91 Å². The molecule has 4 N–H and O–H groups in total. The lowest BCUT2D eigenvalue weighted by molar-refractivity contribution is -0.127. The van der Waals surface area contributed by atoms with Gasteiger partial charge in [-0.05, 0) is 38.0 Å². The molecule has 3 amide bonds. The lowest BCUT2D eigenvalue weighted by atomic mass is 10.0. The van der Waals surface area contributed by atoms with Crippen molar-refractivity contribution in [2.75, 3.05) is 25.4 Å². The molecular formula is C20H26FN5O2. The second kappa shape index (κ2) is 8.33. The van der Waals surface area contributed by atoms with Gasteiger partial charge in [-0.25, -0.2) is 9.18 Å². The summed E-state index contributed by atoms with van der Waals surface area (Å²) in [7, 11) is 0. The predicted octanol–water partition coefficient (Wildman–Crippen LogP) is 2.60. The van der Waals surface area contributed by atoms with Crippen molar-refractivity contribution < 1.29 is 14.0 Å². The number of nitrogen functional groups attached to an aromatic ring is 1. The van der Waals surface area contributed by atoms with E-state index in [0.29, 0.717) is 36.3 Å². The summed E-state index contributed by atoms with van der Waals surface area (Å²) >= 11 is 0. The largest absolute Gasteiger partial charge is 0.397 e. The number of benzene rings is 1. The highest BCUT2D eigenvalue weighted by atomic mass is 19.1. The third-order valence-electron chi connectivity index (χ3n) is 5.24. The Bertz CT molecular complexity index is 894. The summed E-state index contributed by atoms with van der Waals surface area (Å²) < 4.78 is 14.4.